The van der Waals surface area contributed by atoms with Crippen LogP contribution in [0.15, 0.2) is 108 Å². The molecule has 0 fully saturated rings. The minimum absolute atomic E-state index is 0.00138. The van der Waals surface area contributed by atoms with Gasteiger partial charge in [-0.15, -0.1) is 0 Å². The molecule has 0 atom stereocenters. The first kappa shape index (κ1) is 23.1. The lowest BCUT2D eigenvalue weighted by Crippen LogP contribution is -2.57. The molecule has 5 nitrogen and oxygen atoms in total. The standard InChI is InChI=1S/C37H23BN2O3/c1-20-14-16-23-24-17-18-26-36(42-30-13-7-12-29-32(30)38(26)25-10-5-6-11-28(25)41-29)35(24)43-34(23)31(20)37-39-33-22-9-4-3-8-21(22)15-19-27(33)40(37)2/h3-19H,1-2H3/p+1. The number of benzene rings is 6. The van der Waals surface area contributed by atoms with Crippen LogP contribution in [0.2, 0.25) is 0 Å². The number of para-hydroxylation sites is 1. The third kappa shape index (κ3) is 2.95. The highest BCUT2D eigenvalue weighted by Crippen LogP contribution is 2.43. The second kappa shape index (κ2) is 8.08. The molecule has 2 aliphatic rings. The first-order valence-corrected chi connectivity index (χ1v) is 14.6. The summed E-state index contributed by atoms with van der Waals surface area (Å²) in [4.78, 5) is 3.77. The highest BCUT2D eigenvalue weighted by molar-refractivity contribution is 6.98. The Labute approximate surface area is 247 Å². The van der Waals surface area contributed by atoms with Gasteiger partial charge in [-0.25, -0.2) is 9.55 Å². The Balaban J connectivity index is 1.25. The van der Waals surface area contributed by atoms with E-state index in [1.807, 2.05) is 30.3 Å². The summed E-state index contributed by atoms with van der Waals surface area (Å²) in [5.74, 6) is 4.31. The number of imidazole rings is 1. The molecule has 1 N–H and O–H groups in total. The number of nitrogens with zero attached hydrogens (tertiary/aromatic N) is 1. The van der Waals surface area contributed by atoms with Gasteiger partial charge in [0.25, 0.3) is 12.5 Å². The molecule has 2 aromatic heterocycles. The number of hydrogen-bond donors (Lipinski definition) is 1. The number of H-pyrrole nitrogens is 1. The van der Waals surface area contributed by atoms with E-state index in [0.29, 0.717) is 0 Å². The van der Waals surface area contributed by atoms with Crippen LogP contribution >= 0.6 is 0 Å². The van der Waals surface area contributed by atoms with E-state index in [0.717, 1.165) is 89.3 Å². The summed E-state index contributed by atoms with van der Waals surface area (Å²) in [6.45, 7) is 2.15. The summed E-state index contributed by atoms with van der Waals surface area (Å²) >= 11 is 0. The van der Waals surface area contributed by atoms with Gasteiger partial charge in [0.15, 0.2) is 27.9 Å². The van der Waals surface area contributed by atoms with Crippen LogP contribution in [0, 0.1) is 6.92 Å². The normalized spacial score (nSPS) is 13.2. The molecule has 0 spiro atoms. The lowest BCUT2D eigenvalue weighted by Gasteiger charge is -2.32. The van der Waals surface area contributed by atoms with Crippen molar-refractivity contribution in [1.82, 2.24) is 4.98 Å². The molecule has 0 bridgehead atoms. The molecule has 43 heavy (non-hydrogen) atoms. The summed E-state index contributed by atoms with van der Waals surface area (Å²) in [5.41, 5.74) is 9.37. The van der Waals surface area contributed by atoms with Crippen LogP contribution < -0.4 is 30.4 Å². The molecule has 0 unspecified atom stereocenters. The SMILES string of the molecule is Cc1ccc2c(oc3c4c(ccc32)B2c3ccccc3Oc3cccc(c32)O4)c1-c1[nH]c2c3ccccc3ccc2[n+]1C. The Morgan fingerprint density at radius 1 is 0.651 bits per heavy atom. The largest absolute Gasteiger partial charge is 0.458 e. The Bertz CT molecular complexity index is 2510. The number of aryl methyl sites for hydroxylation is 2. The number of ether oxygens (including phenoxy) is 2. The van der Waals surface area contributed by atoms with Gasteiger partial charge in [0.2, 0.25) is 0 Å². The fourth-order valence-electron chi connectivity index (χ4n) is 7.35. The smallest absolute Gasteiger partial charge is 0.291 e. The Morgan fingerprint density at radius 2 is 1.42 bits per heavy atom. The van der Waals surface area contributed by atoms with Crippen LogP contribution in [0.1, 0.15) is 5.56 Å². The maximum atomic E-state index is 6.91. The van der Waals surface area contributed by atoms with E-state index in [1.54, 1.807) is 0 Å². The average Bonchev–Trinajstić information content (AvgIpc) is 3.58. The van der Waals surface area contributed by atoms with Gasteiger partial charge in [-0.05, 0) is 65.2 Å². The topological polar surface area (TPSA) is 51.3 Å². The third-order valence-corrected chi connectivity index (χ3v) is 9.37. The van der Waals surface area contributed by atoms with E-state index in [1.165, 1.54) is 10.8 Å². The van der Waals surface area contributed by atoms with Crippen molar-refractivity contribution in [2.75, 3.05) is 0 Å². The molecule has 4 heterocycles. The first-order chi connectivity index (χ1) is 21.2. The molecule has 10 rings (SSSR count). The average molecular weight is 555 g/mol. The number of rotatable bonds is 1. The Morgan fingerprint density at radius 3 is 2.35 bits per heavy atom. The van der Waals surface area contributed by atoms with E-state index in [2.05, 4.69) is 96.3 Å². The van der Waals surface area contributed by atoms with Crippen molar-refractivity contribution < 1.29 is 18.5 Å². The zero-order valence-electron chi connectivity index (χ0n) is 23.6. The molecule has 8 aromatic rings. The summed E-state index contributed by atoms with van der Waals surface area (Å²) in [5, 5.41) is 4.52. The van der Waals surface area contributed by atoms with Crippen LogP contribution in [0.5, 0.6) is 23.0 Å². The monoisotopic (exact) mass is 555 g/mol. The van der Waals surface area contributed by atoms with E-state index in [4.69, 9.17) is 13.9 Å². The summed E-state index contributed by atoms with van der Waals surface area (Å²) in [6, 6.07) is 35.9. The number of aromatic nitrogens is 2. The highest BCUT2D eigenvalue weighted by atomic mass is 16.5. The minimum Gasteiger partial charge on any atom is -0.458 e. The molecule has 2 aliphatic heterocycles. The maximum Gasteiger partial charge on any atom is 0.291 e. The molecule has 6 heteroatoms. The summed E-state index contributed by atoms with van der Waals surface area (Å²) in [6.07, 6.45) is 0. The van der Waals surface area contributed by atoms with Gasteiger partial charge in [-0.2, -0.15) is 0 Å². The predicted molar refractivity (Wildman–Crippen MR) is 172 cm³/mol. The minimum atomic E-state index is -0.00138. The zero-order valence-corrected chi connectivity index (χ0v) is 23.6. The molecule has 0 radical (unpaired) electrons. The molecule has 0 saturated carbocycles. The van der Waals surface area contributed by atoms with Crippen molar-refractivity contribution in [2.24, 2.45) is 7.05 Å². The van der Waals surface area contributed by atoms with Gasteiger partial charge in [0.1, 0.15) is 22.8 Å². The van der Waals surface area contributed by atoms with Crippen molar-refractivity contribution in [3.8, 4) is 34.4 Å². The Kier molecular flexibility index (Phi) is 4.34. The number of nitrogens with one attached hydrogen (secondary N) is 1. The summed E-state index contributed by atoms with van der Waals surface area (Å²) < 4.78 is 22.1. The molecular formula is C37H24BN2O3+. The van der Waals surface area contributed by atoms with E-state index in [9.17, 15) is 0 Å². The fraction of sp³-hybridized carbons (Fsp3) is 0.0541. The van der Waals surface area contributed by atoms with E-state index < -0.39 is 0 Å². The van der Waals surface area contributed by atoms with Crippen LogP contribution in [-0.2, 0) is 7.05 Å². The van der Waals surface area contributed by atoms with Crippen LogP contribution in [-0.4, -0.2) is 11.7 Å². The number of furan rings is 1. The van der Waals surface area contributed by atoms with E-state index in [-0.39, 0.29) is 6.71 Å². The summed E-state index contributed by atoms with van der Waals surface area (Å²) in [7, 11) is 2.12. The second-order valence-corrected chi connectivity index (χ2v) is 11.7. The van der Waals surface area contributed by atoms with Gasteiger partial charge in [-0.1, -0.05) is 66.7 Å². The van der Waals surface area contributed by atoms with Gasteiger partial charge < -0.3 is 13.9 Å². The maximum absolute atomic E-state index is 6.91. The van der Waals surface area contributed by atoms with Gasteiger partial charge in [-0.3, -0.25) is 0 Å². The van der Waals surface area contributed by atoms with Crippen LogP contribution in [0.25, 0.3) is 55.1 Å². The van der Waals surface area contributed by atoms with Crippen molar-refractivity contribution in [3.63, 3.8) is 0 Å². The number of aromatic amines is 1. The van der Waals surface area contributed by atoms with E-state index >= 15 is 0 Å². The molecule has 0 amide bonds. The second-order valence-electron chi connectivity index (χ2n) is 11.7. The van der Waals surface area contributed by atoms with Crippen molar-refractivity contribution in [2.45, 2.75) is 6.92 Å². The first-order valence-electron chi connectivity index (χ1n) is 14.6. The van der Waals surface area contributed by atoms with Crippen LogP contribution in [0.3, 0.4) is 0 Å². The lowest BCUT2D eigenvalue weighted by molar-refractivity contribution is -0.633. The molecular weight excluding hydrogens is 531 g/mol. The van der Waals surface area contributed by atoms with Gasteiger partial charge in [0, 0.05) is 21.6 Å². The fourth-order valence-corrected chi connectivity index (χ4v) is 7.35. The quantitative estimate of drug-likeness (QED) is 0.180. The lowest BCUT2D eigenvalue weighted by atomic mass is 9.35. The number of hydrogen-bond acceptors (Lipinski definition) is 3. The molecule has 0 aliphatic carbocycles. The highest BCUT2D eigenvalue weighted by Gasteiger charge is 2.41. The third-order valence-electron chi connectivity index (χ3n) is 9.37. The zero-order chi connectivity index (χ0) is 28.4. The Hall–Kier alpha value is -5.49. The van der Waals surface area contributed by atoms with Gasteiger partial charge in [0.05, 0.1) is 7.05 Å². The van der Waals surface area contributed by atoms with Crippen molar-refractivity contribution in [1.29, 1.82) is 0 Å². The number of fused-ring (bicyclic) bond motifs is 11. The molecule has 202 valence electrons. The van der Waals surface area contributed by atoms with Crippen molar-refractivity contribution >= 4 is 66.8 Å². The van der Waals surface area contributed by atoms with Gasteiger partial charge >= 0.3 is 0 Å². The predicted octanol–water partition coefficient (Wildman–Crippen LogP) is 6.75. The van der Waals surface area contributed by atoms with Crippen LogP contribution in [0.4, 0.5) is 0 Å². The molecule has 6 aromatic carbocycles. The molecule has 0 saturated heterocycles. The van der Waals surface area contributed by atoms with Crippen molar-refractivity contribution in [3.05, 3.63) is 109 Å².